The molecule has 2 bridgehead atoms. The maximum absolute atomic E-state index is 2.58. The molecule has 2 heteroatoms. The monoisotopic (exact) mass is 244 g/mol. The van der Waals surface area contributed by atoms with E-state index in [-0.39, 0.29) is 0 Å². The van der Waals surface area contributed by atoms with Crippen LogP contribution in [0.5, 0.6) is 0 Å². The van der Waals surface area contributed by atoms with Crippen LogP contribution in [0.15, 0.2) is 24.3 Å². The summed E-state index contributed by atoms with van der Waals surface area (Å²) in [6, 6.07) is 10.7. The Morgan fingerprint density at radius 3 is 2.06 bits per heavy atom. The fourth-order valence-corrected chi connectivity index (χ4v) is 3.39. The van der Waals surface area contributed by atoms with Gasteiger partial charge in [-0.3, -0.25) is 4.90 Å². The molecule has 0 aromatic heterocycles. The summed E-state index contributed by atoms with van der Waals surface area (Å²) in [4.78, 5) is 5.16. The first-order chi connectivity index (χ1) is 8.65. The van der Waals surface area contributed by atoms with Gasteiger partial charge >= 0.3 is 0 Å². The highest BCUT2D eigenvalue weighted by molar-refractivity contribution is 5.49. The van der Waals surface area contributed by atoms with Gasteiger partial charge in [-0.1, -0.05) is 26.0 Å². The van der Waals surface area contributed by atoms with Crippen molar-refractivity contribution in [1.82, 2.24) is 4.90 Å². The highest BCUT2D eigenvalue weighted by Gasteiger charge is 2.37. The number of hydrogen-bond acceptors (Lipinski definition) is 2. The van der Waals surface area contributed by atoms with Gasteiger partial charge in [-0.15, -0.1) is 0 Å². The third-order valence-corrected chi connectivity index (χ3v) is 4.77. The molecule has 18 heavy (non-hydrogen) atoms. The van der Waals surface area contributed by atoms with Crippen molar-refractivity contribution in [3.8, 4) is 0 Å². The van der Waals surface area contributed by atoms with E-state index >= 15 is 0 Å². The molecule has 2 aliphatic heterocycles. The highest BCUT2D eigenvalue weighted by atomic mass is 15.3. The van der Waals surface area contributed by atoms with Crippen molar-refractivity contribution in [1.29, 1.82) is 0 Å². The molecule has 0 amide bonds. The molecule has 2 atom stereocenters. The van der Waals surface area contributed by atoms with Crippen LogP contribution in [-0.2, 0) is 0 Å². The third kappa shape index (κ3) is 2.03. The van der Waals surface area contributed by atoms with Gasteiger partial charge in [-0.05, 0) is 43.5 Å². The first-order valence-electron chi connectivity index (χ1n) is 7.22. The van der Waals surface area contributed by atoms with Crippen molar-refractivity contribution in [3.05, 3.63) is 29.8 Å². The summed E-state index contributed by atoms with van der Waals surface area (Å²) < 4.78 is 0. The molecule has 0 saturated carbocycles. The number of nitrogens with zero attached hydrogens (tertiary/aromatic N) is 2. The quantitative estimate of drug-likeness (QED) is 0.789. The summed E-state index contributed by atoms with van der Waals surface area (Å²) in [5.74, 6) is 0.628. The lowest BCUT2D eigenvalue weighted by Crippen LogP contribution is -2.52. The minimum absolute atomic E-state index is 0.628. The van der Waals surface area contributed by atoms with Crippen LogP contribution in [0.1, 0.15) is 38.2 Å². The van der Waals surface area contributed by atoms with Gasteiger partial charge in [0.1, 0.15) is 0 Å². The van der Waals surface area contributed by atoms with E-state index in [0.29, 0.717) is 5.92 Å². The second-order valence-corrected chi connectivity index (χ2v) is 6.20. The fourth-order valence-electron chi connectivity index (χ4n) is 3.39. The molecular weight excluding hydrogens is 220 g/mol. The van der Waals surface area contributed by atoms with Crippen LogP contribution in [0.2, 0.25) is 0 Å². The second kappa shape index (κ2) is 4.58. The summed E-state index contributed by atoms with van der Waals surface area (Å²) in [6.07, 6.45) is 2.75. The Bertz CT molecular complexity index is 396. The molecule has 2 unspecified atom stereocenters. The lowest BCUT2D eigenvalue weighted by Gasteiger charge is -2.40. The molecular formula is C16H24N2. The first-order valence-corrected chi connectivity index (χ1v) is 7.22. The van der Waals surface area contributed by atoms with E-state index in [1.165, 1.54) is 37.2 Å². The second-order valence-electron chi connectivity index (χ2n) is 6.20. The summed E-state index contributed by atoms with van der Waals surface area (Å²) in [7, 11) is 2.29. The Kier molecular flexibility index (Phi) is 3.06. The van der Waals surface area contributed by atoms with Crippen molar-refractivity contribution < 1.29 is 0 Å². The Hall–Kier alpha value is -1.02. The van der Waals surface area contributed by atoms with Gasteiger partial charge in [0.05, 0.1) is 0 Å². The van der Waals surface area contributed by atoms with Crippen LogP contribution in [-0.4, -0.2) is 37.1 Å². The molecule has 0 N–H and O–H groups in total. The molecule has 1 aromatic carbocycles. The molecule has 1 aromatic rings. The molecule has 0 radical (unpaired) electrons. The van der Waals surface area contributed by atoms with Crippen LogP contribution in [0.3, 0.4) is 0 Å². The number of rotatable bonds is 2. The van der Waals surface area contributed by atoms with Crippen molar-refractivity contribution in [2.24, 2.45) is 0 Å². The number of anilines is 1. The average Bonchev–Trinajstić information content (AvgIpc) is 2.62. The number of benzene rings is 1. The van der Waals surface area contributed by atoms with E-state index in [9.17, 15) is 0 Å². The van der Waals surface area contributed by atoms with Gasteiger partial charge in [0.2, 0.25) is 0 Å². The smallest absolute Gasteiger partial charge is 0.0367 e. The molecule has 2 aliphatic rings. The van der Waals surface area contributed by atoms with Crippen molar-refractivity contribution in [2.45, 2.75) is 44.7 Å². The highest BCUT2D eigenvalue weighted by Crippen LogP contribution is 2.31. The minimum atomic E-state index is 0.628. The molecule has 0 spiro atoms. The van der Waals surface area contributed by atoms with Crippen molar-refractivity contribution in [3.63, 3.8) is 0 Å². The lowest BCUT2D eigenvalue weighted by atomic mass is 10.0. The van der Waals surface area contributed by atoms with Crippen LogP contribution < -0.4 is 4.90 Å². The van der Waals surface area contributed by atoms with Gasteiger partial charge in [-0.2, -0.15) is 0 Å². The minimum Gasteiger partial charge on any atom is -0.368 e. The average molecular weight is 244 g/mol. The lowest BCUT2D eigenvalue weighted by molar-refractivity contribution is 0.212. The zero-order valence-corrected chi connectivity index (χ0v) is 11.8. The molecule has 2 nitrogen and oxygen atoms in total. The van der Waals surface area contributed by atoms with Gasteiger partial charge in [0, 0.05) is 30.9 Å². The normalized spacial score (nSPS) is 28.1. The first kappa shape index (κ1) is 12.0. The summed E-state index contributed by atoms with van der Waals surface area (Å²) in [5, 5.41) is 0. The molecule has 0 aliphatic carbocycles. The number of piperazine rings is 1. The Balaban J connectivity index is 1.76. The van der Waals surface area contributed by atoms with E-state index in [2.05, 4.69) is 55.0 Å². The van der Waals surface area contributed by atoms with Crippen LogP contribution in [0.25, 0.3) is 0 Å². The predicted molar refractivity (Wildman–Crippen MR) is 77.3 cm³/mol. The zero-order chi connectivity index (χ0) is 12.7. The standard InChI is InChI=1S/C16H24N2/c1-12(2)13-4-6-14(7-5-13)18-10-15-8-9-16(11-18)17(15)3/h4-7,12,15-16H,8-11H2,1-3H3. The van der Waals surface area contributed by atoms with Crippen molar-refractivity contribution in [2.75, 3.05) is 25.0 Å². The topological polar surface area (TPSA) is 6.48 Å². The van der Waals surface area contributed by atoms with Crippen LogP contribution in [0, 0.1) is 0 Å². The summed E-state index contributed by atoms with van der Waals surface area (Å²) in [6.45, 7) is 6.91. The maximum Gasteiger partial charge on any atom is 0.0367 e. The zero-order valence-electron chi connectivity index (χ0n) is 11.8. The van der Waals surface area contributed by atoms with Gasteiger partial charge < -0.3 is 4.90 Å². The van der Waals surface area contributed by atoms with E-state index in [1.54, 1.807) is 0 Å². The van der Waals surface area contributed by atoms with Crippen LogP contribution >= 0.6 is 0 Å². The summed E-state index contributed by atoms with van der Waals surface area (Å²) in [5.41, 5.74) is 2.85. The number of hydrogen-bond donors (Lipinski definition) is 0. The van der Waals surface area contributed by atoms with E-state index in [4.69, 9.17) is 0 Å². The fraction of sp³-hybridized carbons (Fsp3) is 0.625. The SMILES string of the molecule is CC(C)c1ccc(N2CC3CCC(C2)N3C)cc1. The van der Waals surface area contributed by atoms with Gasteiger partial charge in [-0.25, -0.2) is 0 Å². The number of fused-ring (bicyclic) bond motifs is 2. The van der Waals surface area contributed by atoms with Crippen LogP contribution in [0.4, 0.5) is 5.69 Å². The molecule has 2 fully saturated rings. The molecule has 3 rings (SSSR count). The van der Waals surface area contributed by atoms with E-state index in [1.807, 2.05) is 0 Å². The summed E-state index contributed by atoms with van der Waals surface area (Å²) >= 11 is 0. The Labute approximate surface area is 111 Å². The van der Waals surface area contributed by atoms with E-state index < -0.39 is 0 Å². The largest absolute Gasteiger partial charge is 0.368 e. The Morgan fingerprint density at radius 2 is 1.56 bits per heavy atom. The third-order valence-electron chi connectivity index (χ3n) is 4.77. The molecule has 2 heterocycles. The number of likely N-dealkylation sites (N-methyl/N-ethyl adjacent to an activating group) is 1. The maximum atomic E-state index is 2.58. The van der Waals surface area contributed by atoms with E-state index in [0.717, 1.165) is 12.1 Å². The Morgan fingerprint density at radius 1 is 1.00 bits per heavy atom. The van der Waals surface area contributed by atoms with Gasteiger partial charge in [0.15, 0.2) is 0 Å². The predicted octanol–water partition coefficient (Wildman–Crippen LogP) is 3.09. The molecule has 2 saturated heterocycles. The van der Waals surface area contributed by atoms with Crippen molar-refractivity contribution >= 4 is 5.69 Å². The molecule has 98 valence electrons. The van der Waals surface area contributed by atoms with Gasteiger partial charge in [0.25, 0.3) is 0 Å².